The van der Waals surface area contributed by atoms with E-state index in [0.717, 1.165) is 5.56 Å². The zero-order valence-electron chi connectivity index (χ0n) is 17.2. The molecule has 2 aliphatic rings. The average Bonchev–Trinajstić information content (AvgIpc) is 3.25. The number of benzene rings is 1. The summed E-state index contributed by atoms with van der Waals surface area (Å²) >= 11 is 0. The van der Waals surface area contributed by atoms with Crippen molar-refractivity contribution in [3.8, 4) is 0 Å². The van der Waals surface area contributed by atoms with E-state index in [4.69, 9.17) is 13.9 Å². The van der Waals surface area contributed by atoms with E-state index in [-0.39, 0.29) is 18.7 Å². The molecule has 8 heteroatoms. The molecular weight excluding hydrogens is 399 g/mol. The number of hydrogen-bond donors (Lipinski definition) is 1. The fraction of sp³-hybridized carbons (Fsp3) is 0.500. The molecule has 1 saturated heterocycles. The van der Waals surface area contributed by atoms with Gasteiger partial charge < -0.3 is 19.2 Å². The topological polar surface area (TPSA) is 60.7 Å². The molecule has 4 atom stereocenters. The van der Waals surface area contributed by atoms with Crippen molar-refractivity contribution in [2.75, 3.05) is 11.9 Å². The number of fused-ring (bicyclic) bond motifs is 3. The van der Waals surface area contributed by atoms with Crippen molar-refractivity contribution in [3.05, 3.63) is 53.0 Å². The first kappa shape index (κ1) is 20.8. The molecule has 1 fully saturated rings. The fourth-order valence-electron chi connectivity index (χ4n) is 4.62. The van der Waals surface area contributed by atoms with Gasteiger partial charge in [0.25, 0.3) is 5.54 Å². The summed E-state index contributed by atoms with van der Waals surface area (Å²) in [6.07, 6.45) is -6.23. The molecule has 2 aliphatic heterocycles. The summed E-state index contributed by atoms with van der Waals surface area (Å²) < 4.78 is 60.4. The monoisotopic (exact) mass is 423 g/mol. The zero-order valence-corrected chi connectivity index (χ0v) is 17.2. The van der Waals surface area contributed by atoms with Gasteiger partial charge in [-0.05, 0) is 57.9 Å². The Balaban J connectivity index is 1.91. The zero-order chi connectivity index (χ0) is 21.9. The van der Waals surface area contributed by atoms with E-state index in [1.54, 1.807) is 38.1 Å². The van der Waals surface area contributed by atoms with Gasteiger partial charge in [-0.15, -0.1) is 0 Å². The Morgan fingerprint density at radius 2 is 2.00 bits per heavy atom. The van der Waals surface area contributed by atoms with Crippen molar-refractivity contribution in [1.82, 2.24) is 0 Å². The van der Waals surface area contributed by atoms with Crippen LogP contribution in [-0.4, -0.2) is 30.4 Å². The third-order valence-electron chi connectivity index (χ3n) is 6.03. The van der Waals surface area contributed by atoms with Crippen molar-refractivity contribution in [1.29, 1.82) is 0 Å². The summed E-state index contributed by atoms with van der Waals surface area (Å²) in [6.45, 7) is 6.63. The predicted octanol–water partition coefficient (Wildman–Crippen LogP) is 4.97. The summed E-state index contributed by atoms with van der Waals surface area (Å²) in [5.74, 6) is -1.00. The van der Waals surface area contributed by atoms with Crippen molar-refractivity contribution < 1.29 is 31.9 Å². The second-order valence-electron chi connectivity index (χ2n) is 8.23. The highest BCUT2D eigenvalue weighted by molar-refractivity contribution is 5.89. The molecule has 162 valence electrons. The third kappa shape index (κ3) is 2.92. The number of carbonyl (C=O) groups excluding carboxylic acids is 1. The largest absolute Gasteiger partial charge is 0.464 e. The third-order valence-corrected chi connectivity index (χ3v) is 6.03. The number of nitrogens with one attached hydrogen (secondary N) is 1. The van der Waals surface area contributed by atoms with Gasteiger partial charge in [0.05, 0.1) is 6.61 Å². The van der Waals surface area contributed by atoms with Crippen LogP contribution < -0.4 is 5.32 Å². The summed E-state index contributed by atoms with van der Waals surface area (Å²) in [5, 5.41) is 2.47. The van der Waals surface area contributed by atoms with Gasteiger partial charge in [0.15, 0.2) is 0 Å². The van der Waals surface area contributed by atoms with Gasteiger partial charge in [0.1, 0.15) is 23.2 Å². The van der Waals surface area contributed by atoms with Crippen molar-refractivity contribution in [3.63, 3.8) is 0 Å². The van der Waals surface area contributed by atoms with Crippen LogP contribution >= 0.6 is 0 Å². The molecule has 1 aromatic carbocycles. The minimum atomic E-state index is -4.95. The SMILES string of the molecule is CCOC(=O)[C@@]1(C(F)(F)F)Nc2ccc(C)cc2[C@H]2C[C@](C)(c3ccc(C)o3)O[C@H]21. The summed E-state index contributed by atoms with van der Waals surface area (Å²) in [6, 6.07) is 8.58. The Kier molecular flexibility index (Phi) is 4.69. The standard InChI is InChI=1S/C22H24F3NO4/c1-5-28-19(27)21(22(23,24)25)18-15(14-10-12(2)6-8-16(14)26-21)11-20(4,30-18)17-9-7-13(3)29-17/h6-10,15,18,26H,5,11H2,1-4H3/t15-,18-,20-,21+/m1/s1. The molecular formula is C22H24F3NO4. The smallest absolute Gasteiger partial charge is 0.425 e. The molecule has 30 heavy (non-hydrogen) atoms. The molecule has 1 aromatic heterocycles. The maximum absolute atomic E-state index is 14.6. The van der Waals surface area contributed by atoms with Crippen LogP contribution in [0.15, 0.2) is 34.7 Å². The lowest BCUT2D eigenvalue weighted by atomic mass is 9.73. The van der Waals surface area contributed by atoms with Crippen LogP contribution in [-0.2, 0) is 19.9 Å². The van der Waals surface area contributed by atoms with E-state index in [0.29, 0.717) is 17.1 Å². The quantitative estimate of drug-likeness (QED) is 0.706. The highest BCUT2D eigenvalue weighted by Gasteiger charge is 2.73. The van der Waals surface area contributed by atoms with Crippen molar-refractivity contribution in [2.24, 2.45) is 0 Å². The van der Waals surface area contributed by atoms with Gasteiger partial charge >= 0.3 is 12.1 Å². The Morgan fingerprint density at radius 3 is 2.60 bits per heavy atom. The number of hydrogen-bond acceptors (Lipinski definition) is 5. The number of furan rings is 1. The molecule has 0 aliphatic carbocycles. The number of halogens is 3. The Bertz CT molecular complexity index is 985. The summed E-state index contributed by atoms with van der Waals surface area (Å²) in [5.41, 5.74) is -2.28. The van der Waals surface area contributed by atoms with Crippen molar-refractivity contribution >= 4 is 11.7 Å². The highest BCUT2D eigenvalue weighted by Crippen LogP contribution is 2.58. The highest BCUT2D eigenvalue weighted by atomic mass is 19.4. The molecule has 3 heterocycles. The van der Waals surface area contributed by atoms with Crippen LogP contribution in [0, 0.1) is 13.8 Å². The molecule has 0 unspecified atom stereocenters. The molecule has 2 aromatic rings. The fourth-order valence-corrected chi connectivity index (χ4v) is 4.62. The number of anilines is 1. The molecule has 1 N–H and O–H groups in total. The number of aryl methyl sites for hydroxylation is 2. The van der Waals surface area contributed by atoms with E-state index >= 15 is 0 Å². The van der Waals surface area contributed by atoms with Crippen LogP contribution in [0.2, 0.25) is 0 Å². The Hall–Kier alpha value is -2.48. The van der Waals surface area contributed by atoms with Gasteiger partial charge in [-0.1, -0.05) is 17.7 Å². The Labute approximate surface area is 172 Å². The van der Waals surface area contributed by atoms with E-state index in [2.05, 4.69) is 5.32 Å². The molecule has 0 saturated carbocycles. The lowest BCUT2D eigenvalue weighted by Gasteiger charge is -2.45. The Morgan fingerprint density at radius 1 is 1.27 bits per heavy atom. The van der Waals surface area contributed by atoms with Crippen LogP contribution in [0.4, 0.5) is 18.9 Å². The van der Waals surface area contributed by atoms with Gasteiger partial charge in [-0.2, -0.15) is 13.2 Å². The van der Waals surface area contributed by atoms with Gasteiger partial charge in [0, 0.05) is 11.6 Å². The number of esters is 1. The molecule has 0 spiro atoms. The second-order valence-corrected chi connectivity index (χ2v) is 8.23. The number of alkyl halides is 3. The molecule has 4 rings (SSSR count). The normalized spacial score (nSPS) is 30.4. The van der Waals surface area contributed by atoms with Crippen LogP contribution in [0.5, 0.6) is 0 Å². The minimum absolute atomic E-state index is 0.175. The lowest BCUT2D eigenvalue weighted by Crippen LogP contribution is -2.68. The minimum Gasteiger partial charge on any atom is -0.464 e. The lowest BCUT2D eigenvalue weighted by molar-refractivity contribution is -0.229. The van der Waals surface area contributed by atoms with E-state index in [1.807, 2.05) is 13.0 Å². The molecule has 0 amide bonds. The first-order valence-corrected chi connectivity index (χ1v) is 9.89. The van der Waals surface area contributed by atoms with Crippen LogP contribution in [0.3, 0.4) is 0 Å². The van der Waals surface area contributed by atoms with E-state index < -0.39 is 35.3 Å². The number of rotatable bonds is 3. The molecule has 0 bridgehead atoms. The van der Waals surface area contributed by atoms with Gasteiger partial charge in [-0.25, -0.2) is 4.79 Å². The summed E-state index contributed by atoms with van der Waals surface area (Å²) in [4.78, 5) is 12.8. The maximum atomic E-state index is 14.6. The second kappa shape index (κ2) is 6.77. The first-order chi connectivity index (χ1) is 14.0. The van der Waals surface area contributed by atoms with Gasteiger partial charge in [-0.3, -0.25) is 0 Å². The van der Waals surface area contributed by atoms with E-state index in [9.17, 15) is 18.0 Å². The first-order valence-electron chi connectivity index (χ1n) is 9.89. The van der Waals surface area contributed by atoms with Crippen LogP contribution in [0.1, 0.15) is 48.8 Å². The predicted molar refractivity (Wildman–Crippen MR) is 103 cm³/mol. The average molecular weight is 423 g/mol. The summed E-state index contributed by atoms with van der Waals surface area (Å²) in [7, 11) is 0. The van der Waals surface area contributed by atoms with E-state index in [1.165, 1.54) is 6.92 Å². The molecule has 0 radical (unpaired) electrons. The number of carbonyl (C=O) groups is 1. The molecule has 5 nitrogen and oxygen atoms in total. The van der Waals surface area contributed by atoms with Gasteiger partial charge in [0.2, 0.25) is 0 Å². The number of ether oxygens (including phenoxy) is 2. The van der Waals surface area contributed by atoms with Crippen LogP contribution in [0.25, 0.3) is 0 Å². The van der Waals surface area contributed by atoms with Crippen molar-refractivity contribution in [2.45, 2.75) is 63.5 Å². The maximum Gasteiger partial charge on any atom is 0.425 e.